The summed E-state index contributed by atoms with van der Waals surface area (Å²) in [4.78, 5) is 13.2. The minimum Gasteiger partial charge on any atom is -0.456 e. The van der Waals surface area contributed by atoms with Gasteiger partial charge in [-0.3, -0.25) is 0 Å². The third kappa shape index (κ3) is 8.04. The second-order valence-electron chi connectivity index (χ2n) is 21.4. The second kappa shape index (κ2) is 19.4. The number of hydrogen-bond donors (Lipinski definition) is 0. The van der Waals surface area contributed by atoms with Crippen molar-refractivity contribution < 1.29 is 4.42 Å². The molecule has 0 bridgehead atoms. The molecule has 0 unspecified atom stereocenters. The summed E-state index contributed by atoms with van der Waals surface area (Å²) in [7, 11) is 42.0. The van der Waals surface area contributed by atoms with Crippen molar-refractivity contribution in [3.63, 3.8) is 0 Å². The van der Waals surface area contributed by atoms with Crippen LogP contribution >= 0.6 is 0 Å². The van der Waals surface area contributed by atoms with Crippen molar-refractivity contribution in [2.45, 2.75) is 0 Å². The van der Waals surface area contributed by atoms with E-state index in [2.05, 4.69) is 225 Å². The molecule has 0 spiro atoms. The Balaban J connectivity index is 1.30. The van der Waals surface area contributed by atoms with Crippen LogP contribution in [0.2, 0.25) is 0 Å². The first-order chi connectivity index (χ1) is 35.2. The number of furan rings is 1. The fourth-order valence-corrected chi connectivity index (χ4v) is 12.4. The van der Waals surface area contributed by atoms with Crippen LogP contribution in [0, 0.1) is 0 Å². The standard InChI is InChI=1S/C52H53B18N3O/c53-31-28(22-15-20(16-26-27(22)21-13-7-8-14-25(21)74-26)24-17-23(18-9-3-1-4-10-18)71-52(72-24)19-11-5-2-6-12-19)32(54)45(67)50(44(31)66)73(51-47(69)42(64)41(63)43(65)48(51)70)49-36(58)30(35(57)39(61)46(49)68)29-33(55)37(59)40(62)38(60)34(29)56/h1-17H,53-70H2. The highest BCUT2D eigenvalue weighted by Gasteiger charge is 2.31. The van der Waals surface area contributed by atoms with Crippen LogP contribution in [0.1, 0.15) is 0 Å². The number of para-hydroxylation sites is 1. The maximum absolute atomic E-state index is 6.86. The Morgan fingerprint density at radius 3 is 1.22 bits per heavy atom. The van der Waals surface area contributed by atoms with Crippen LogP contribution < -0.4 is 103 Å². The number of rotatable bonds is 8. The van der Waals surface area contributed by atoms with Crippen molar-refractivity contribution in [3.8, 4) is 56.2 Å². The fraction of sp³-hybridized carbons (Fsp3) is 0. The zero-order valence-corrected chi connectivity index (χ0v) is 47.1. The van der Waals surface area contributed by atoms with Gasteiger partial charge in [0.2, 0.25) is 0 Å². The van der Waals surface area contributed by atoms with Gasteiger partial charge in [-0.05, 0) is 46.5 Å². The van der Waals surface area contributed by atoms with Crippen molar-refractivity contribution >= 4 is 279 Å². The number of benzene rings is 8. The first-order valence-electron chi connectivity index (χ1n) is 26.4. The Morgan fingerprint density at radius 1 is 0.311 bits per heavy atom. The molecule has 10 rings (SSSR count). The lowest BCUT2D eigenvalue weighted by atomic mass is 9.56. The van der Waals surface area contributed by atoms with Crippen LogP contribution in [0.3, 0.4) is 0 Å². The summed E-state index contributed by atoms with van der Waals surface area (Å²) in [5, 5.41) is 2.20. The van der Waals surface area contributed by atoms with Gasteiger partial charge in [-0.1, -0.05) is 155 Å². The maximum atomic E-state index is 6.86. The van der Waals surface area contributed by atoms with Gasteiger partial charge >= 0.3 is 0 Å². The number of anilines is 3. The molecule has 0 radical (unpaired) electrons. The molecular formula is C52H53B18N3O. The average Bonchev–Trinajstić information content (AvgIpc) is 3.79. The Hall–Kier alpha value is -6.39. The molecule has 8 aromatic carbocycles. The predicted molar refractivity (Wildman–Crippen MR) is 378 cm³/mol. The Labute approximate surface area is 454 Å². The van der Waals surface area contributed by atoms with Crippen LogP contribution in [0.25, 0.3) is 78.1 Å². The zero-order chi connectivity index (χ0) is 52.9. The minimum atomic E-state index is 0.682. The molecule has 0 fully saturated rings. The third-order valence-corrected chi connectivity index (χ3v) is 17.9. The molecule has 2 aromatic heterocycles. The van der Waals surface area contributed by atoms with Crippen molar-refractivity contribution in [1.82, 2.24) is 9.97 Å². The normalized spacial score (nSPS) is 11.4. The highest BCUT2D eigenvalue weighted by molar-refractivity contribution is 6.73. The largest absolute Gasteiger partial charge is 0.456 e. The van der Waals surface area contributed by atoms with Gasteiger partial charge in [0, 0.05) is 44.5 Å². The molecule has 74 heavy (non-hydrogen) atoms. The molecule has 0 saturated carbocycles. The highest BCUT2D eigenvalue weighted by Crippen LogP contribution is 2.40. The maximum Gasteiger partial charge on any atom is 0.160 e. The van der Waals surface area contributed by atoms with Crippen molar-refractivity contribution in [2.75, 3.05) is 4.90 Å². The molecule has 336 valence electrons. The summed E-state index contributed by atoms with van der Waals surface area (Å²) >= 11 is 0. The van der Waals surface area contributed by atoms with Crippen LogP contribution in [-0.4, -0.2) is 151 Å². The van der Waals surface area contributed by atoms with E-state index in [1.165, 1.54) is 132 Å². The van der Waals surface area contributed by atoms with Gasteiger partial charge < -0.3 is 9.32 Å². The average molecular weight is 931 g/mol. The van der Waals surface area contributed by atoms with Gasteiger partial charge in [0.25, 0.3) is 0 Å². The molecule has 0 aliphatic rings. The smallest absolute Gasteiger partial charge is 0.160 e. The Kier molecular flexibility index (Phi) is 13.4. The van der Waals surface area contributed by atoms with E-state index in [4.69, 9.17) is 14.4 Å². The molecular weight excluding hydrogens is 877 g/mol. The van der Waals surface area contributed by atoms with Gasteiger partial charge in [-0.2, -0.15) is 0 Å². The first kappa shape index (κ1) is 51.1. The van der Waals surface area contributed by atoms with Gasteiger partial charge in [0.15, 0.2) is 5.82 Å². The first-order valence-corrected chi connectivity index (χ1v) is 26.4. The van der Waals surface area contributed by atoms with Gasteiger partial charge in [0.1, 0.15) is 152 Å². The van der Waals surface area contributed by atoms with Gasteiger partial charge in [-0.25, -0.2) is 9.97 Å². The van der Waals surface area contributed by atoms with E-state index in [0.29, 0.717) is 5.82 Å². The summed E-state index contributed by atoms with van der Waals surface area (Å²) in [6, 6.07) is 35.9. The van der Waals surface area contributed by atoms with E-state index in [-0.39, 0.29) is 0 Å². The van der Waals surface area contributed by atoms with Crippen LogP contribution in [0.4, 0.5) is 17.1 Å². The summed E-state index contributed by atoms with van der Waals surface area (Å²) < 4.78 is 6.86. The number of fused-ring (bicyclic) bond motifs is 3. The minimum absolute atomic E-state index is 0.682. The topological polar surface area (TPSA) is 42.2 Å². The van der Waals surface area contributed by atoms with E-state index >= 15 is 0 Å². The van der Waals surface area contributed by atoms with Crippen molar-refractivity contribution in [2.24, 2.45) is 0 Å². The fourth-order valence-electron chi connectivity index (χ4n) is 12.4. The predicted octanol–water partition coefficient (Wildman–Crippen LogP) is -17.2. The molecule has 0 atom stereocenters. The second-order valence-corrected chi connectivity index (χ2v) is 21.4. The summed E-state index contributed by atoms with van der Waals surface area (Å²) in [6.45, 7) is 0. The van der Waals surface area contributed by atoms with E-state index in [1.807, 2.05) is 24.3 Å². The summed E-state index contributed by atoms with van der Waals surface area (Å²) in [5.41, 5.74) is 39.0. The molecule has 0 saturated heterocycles. The molecule has 0 N–H and O–H groups in total. The lowest BCUT2D eigenvalue weighted by molar-refractivity contribution is 0.669. The third-order valence-electron chi connectivity index (χ3n) is 17.9. The van der Waals surface area contributed by atoms with E-state index in [1.54, 1.807) is 0 Å². The van der Waals surface area contributed by atoms with Crippen LogP contribution in [0.5, 0.6) is 0 Å². The van der Waals surface area contributed by atoms with Crippen molar-refractivity contribution in [1.29, 1.82) is 0 Å². The quantitative estimate of drug-likeness (QED) is 0.142. The lowest BCUT2D eigenvalue weighted by Crippen LogP contribution is -2.59. The number of nitrogens with zero attached hydrogens (tertiary/aromatic N) is 3. The molecule has 0 aliphatic carbocycles. The molecule has 22 heteroatoms. The Bertz CT molecular complexity index is 3870. The van der Waals surface area contributed by atoms with E-state index in [9.17, 15) is 0 Å². The molecule has 0 aliphatic heterocycles. The monoisotopic (exact) mass is 934 g/mol. The Morgan fingerprint density at radius 2 is 0.689 bits per heavy atom. The van der Waals surface area contributed by atoms with E-state index in [0.717, 1.165) is 55.6 Å². The molecule has 4 nitrogen and oxygen atoms in total. The van der Waals surface area contributed by atoms with E-state index < -0.39 is 0 Å². The van der Waals surface area contributed by atoms with Gasteiger partial charge in [-0.15, -0.1) is 21.9 Å². The number of aromatic nitrogens is 2. The molecule has 2 heterocycles. The zero-order valence-electron chi connectivity index (χ0n) is 47.1. The molecule has 0 amide bonds. The van der Waals surface area contributed by atoms with Crippen LogP contribution in [0.15, 0.2) is 108 Å². The van der Waals surface area contributed by atoms with Gasteiger partial charge in [0.05, 0.1) is 11.4 Å². The van der Waals surface area contributed by atoms with Crippen LogP contribution in [-0.2, 0) is 0 Å². The molecule has 10 aromatic rings. The summed E-state index contributed by atoms with van der Waals surface area (Å²) in [6.07, 6.45) is 0. The lowest BCUT2D eigenvalue weighted by Gasteiger charge is -2.40. The highest BCUT2D eigenvalue weighted by atomic mass is 16.3. The van der Waals surface area contributed by atoms with Crippen molar-refractivity contribution in [3.05, 3.63) is 103 Å². The SMILES string of the molecule is Bc1c(B)c(B)c(-c2c(B)c(B)c(B)c(N(c3c(B)c(B)c(B)c(B)c3B)c3c(B)c(B)c(-c4cc(-c5cc(-c6ccccc6)nc(-c6ccccc6)n5)cc5oc6ccccc6c45)c(B)c3B)c2B)c(B)c1B. The number of hydrogen-bond acceptors (Lipinski definition) is 4. The summed E-state index contributed by atoms with van der Waals surface area (Å²) in [5.74, 6) is 0.682.